The molecule has 0 aliphatic carbocycles. The van der Waals surface area contributed by atoms with E-state index in [1.54, 1.807) is 0 Å². The normalized spacial score (nSPS) is 18.7. The number of rotatable bonds is 1. The Morgan fingerprint density at radius 3 is 2.94 bits per heavy atom. The van der Waals surface area contributed by atoms with E-state index in [0.29, 0.717) is 0 Å². The lowest BCUT2D eigenvalue weighted by Crippen LogP contribution is -2.37. The molecular formula is C13H16N2OS. The minimum atomic E-state index is 0.182. The summed E-state index contributed by atoms with van der Waals surface area (Å²) in [5.74, 6) is 2.31. The Labute approximate surface area is 106 Å². The molecule has 0 saturated carbocycles. The van der Waals surface area contributed by atoms with Gasteiger partial charge in [0.1, 0.15) is 0 Å². The van der Waals surface area contributed by atoms with E-state index < -0.39 is 0 Å². The molecule has 0 aromatic heterocycles. The van der Waals surface area contributed by atoms with Crippen molar-refractivity contribution in [3.8, 4) is 0 Å². The molecule has 0 spiro atoms. The molecule has 0 atom stereocenters. The van der Waals surface area contributed by atoms with Crippen LogP contribution in [0.4, 0.5) is 5.69 Å². The quantitative estimate of drug-likeness (QED) is 0.823. The van der Waals surface area contributed by atoms with Crippen molar-refractivity contribution >= 4 is 23.4 Å². The molecule has 3 rings (SSSR count). The Morgan fingerprint density at radius 2 is 2.12 bits per heavy atom. The molecule has 2 aliphatic heterocycles. The van der Waals surface area contributed by atoms with Crippen LogP contribution in [0, 0.1) is 0 Å². The molecule has 2 aliphatic rings. The fraction of sp³-hybridized carbons (Fsp3) is 0.462. The van der Waals surface area contributed by atoms with Gasteiger partial charge in [0.2, 0.25) is 0 Å². The van der Waals surface area contributed by atoms with Gasteiger partial charge in [0, 0.05) is 42.4 Å². The van der Waals surface area contributed by atoms with Gasteiger partial charge in [-0.15, -0.1) is 0 Å². The largest absolute Gasteiger partial charge is 0.384 e. The van der Waals surface area contributed by atoms with E-state index in [-0.39, 0.29) is 5.91 Å². The number of anilines is 1. The van der Waals surface area contributed by atoms with Gasteiger partial charge in [-0.1, -0.05) is 6.07 Å². The first-order valence-corrected chi connectivity index (χ1v) is 7.24. The molecule has 2 heterocycles. The zero-order valence-corrected chi connectivity index (χ0v) is 10.6. The average Bonchev–Trinajstić information content (AvgIpc) is 2.86. The van der Waals surface area contributed by atoms with Crippen molar-refractivity contribution in [1.29, 1.82) is 0 Å². The van der Waals surface area contributed by atoms with Crippen LogP contribution in [0.1, 0.15) is 15.9 Å². The maximum absolute atomic E-state index is 12.3. The maximum atomic E-state index is 12.3. The highest BCUT2D eigenvalue weighted by molar-refractivity contribution is 7.99. The topological polar surface area (TPSA) is 32.3 Å². The molecule has 0 radical (unpaired) electrons. The second kappa shape index (κ2) is 4.61. The second-order valence-corrected chi connectivity index (χ2v) is 5.68. The zero-order chi connectivity index (χ0) is 11.7. The van der Waals surface area contributed by atoms with E-state index in [9.17, 15) is 4.79 Å². The molecule has 1 N–H and O–H groups in total. The molecule has 0 bridgehead atoms. The van der Waals surface area contributed by atoms with Crippen LogP contribution in [0.3, 0.4) is 0 Å². The molecule has 1 saturated heterocycles. The highest BCUT2D eigenvalue weighted by Gasteiger charge is 2.20. The molecule has 1 fully saturated rings. The Morgan fingerprint density at radius 1 is 1.29 bits per heavy atom. The van der Waals surface area contributed by atoms with E-state index in [2.05, 4.69) is 11.4 Å². The van der Waals surface area contributed by atoms with Gasteiger partial charge in [-0.25, -0.2) is 0 Å². The summed E-state index contributed by atoms with van der Waals surface area (Å²) in [5, 5.41) is 3.32. The van der Waals surface area contributed by atoms with E-state index in [1.807, 2.05) is 28.8 Å². The Kier molecular flexibility index (Phi) is 2.97. The number of hydrogen-bond donors (Lipinski definition) is 1. The van der Waals surface area contributed by atoms with Crippen LogP contribution in [0.15, 0.2) is 18.2 Å². The van der Waals surface area contributed by atoms with Gasteiger partial charge in [-0.3, -0.25) is 4.79 Å². The third-order valence-corrected chi connectivity index (χ3v) is 4.31. The Bertz CT molecular complexity index is 441. The monoisotopic (exact) mass is 248 g/mol. The van der Waals surface area contributed by atoms with Crippen LogP contribution in [0.5, 0.6) is 0 Å². The standard InChI is InChI=1S/C13H16N2OS/c16-13(15-5-7-17-8-6-15)11-2-1-10-3-4-14-12(10)9-11/h1-2,9,14H,3-8H2. The van der Waals surface area contributed by atoms with Crippen molar-refractivity contribution < 1.29 is 4.79 Å². The van der Waals surface area contributed by atoms with Crippen molar-refractivity contribution in [3.63, 3.8) is 0 Å². The highest BCUT2D eigenvalue weighted by Crippen LogP contribution is 2.24. The summed E-state index contributed by atoms with van der Waals surface area (Å²) in [5.41, 5.74) is 3.29. The maximum Gasteiger partial charge on any atom is 0.253 e. The van der Waals surface area contributed by atoms with Gasteiger partial charge in [0.15, 0.2) is 0 Å². The number of amides is 1. The van der Waals surface area contributed by atoms with Crippen LogP contribution in [-0.4, -0.2) is 41.9 Å². The lowest BCUT2D eigenvalue weighted by Gasteiger charge is -2.26. The number of carbonyl (C=O) groups excluding carboxylic acids is 1. The van der Waals surface area contributed by atoms with Crippen molar-refractivity contribution in [1.82, 2.24) is 4.90 Å². The number of nitrogens with one attached hydrogen (secondary N) is 1. The third kappa shape index (κ3) is 2.14. The van der Waals surface area contributed by atoms with Crippen LogP contribution in [0.25, 0.3) is 0 Å². The lowest BCUT2D eigenvalue weighted by atomic mass is 10.1. The van der Waals surface area contributed by atoms with Crippen molar-refractivity contribution in [2.75, 3.05) is 36.5 Å². The molecule has 1 amide bonds. The predicted molar refractivity (Wildman–Crippen MR) is 71.9 cm³/mol. The van der Waals surface area contributed by atoms with Gasteiger partial charge < -0.3 is 10.2 Å². The van der Waals surface area contributed by atoms with Gasteiger partial charge in [0.25, 0.3) is 5.91 Å². The zero-order valence-electron chi connectivity index (χ0n) is 9.74. The SMILES string of the molecule is O=C(c1ccc2c(c1)NCC2)N1CCSCC1. The second-order valence-electron chi connectivity index (χ2n) is 4.45. The molecule has 3 nitrogen and oxygen atoms in total. The molecule has 17 heavy (non-hydrogen) atoms. The Hall–Kier alpha value is -1.16. The number of carbonyl (C=O) groups is 1. The first-order valence-electron chi connectivity index (χ1n) is 6.08. The molecule has 1 aromatic carbocycles. The van der Waals surface area contributed by atoms with E-state index in [1.165, 1.54) is 5.56 Å². The Balaban J connectivity index is 1.81. The number of nitrogens with zero attached hydrogens (tertiary/aromatic N) is 1. The summed E-state index contributed by atoms with van der Waals surface area (Å²) in [6, 6.07) is 6.06. The molecule has 90 valence electrons. The molecule has 0 unspecified atom stereocenters. The van der Waals surface area contributed by atoms with Crippen LogP contribution >= 0.6 is 11.8 Å². The minimum absolute atomic E-state index is 0.182. The average molecular weight is 248 g/mol. The number of benzene rings is 1. The van der Waals surface area contributed by atoms with E-state index in [0.717, 1.165) is 48.8 Å². The smallest absolute Gasteiger partial charge is 0.253 e. The first-order chi connectivity index (χ1) is 8.34. The number of hydrogen-bond acceptors (Lipinski definition) is 3. The minimum Gasteiger partial charge on any atom is -0.384 e. The van der Waals surface area contributed by atoms with E-state index >= 15 is 0 Å². The van der Waals surface area contributed by atoms with Crippen molar-refractivity contribution in [3.05, 3.63) is 29.3 Å². The highest BCUT2D eigenvalue weighted by atomic mass is 32.2. The van der Waals surface area contributed by atoms with Crippen LogP contribution in [0.2, 0.25) is 0 Å². The van der Waals surface area contributed by atoms with Crippen LogP contribution in [-0.2, 0) is 6.42 Å². The van der Waals surface area contributed by atoms with Gasteiger partial charge in [0.05, 0.1) is 0 Å². The summed E-state index contributed by atoms with van der Waals surface area (Å²) in [6.45, 7) is 2.76. The summed E-state index contributed by atoms with van der Waals surface area (Å²) in [7, 11) is 0. The summed E-state index contributed by atoms with van der Waals surface area (Å²) in [4.78, 5) is 14.3. The van der Waals surface area contributed by atoms with Gasteiger partial charge in [-0.2, -0.15) is 11.8 Å². The summed E-state index contributed by atoms with van der Waals surface area (Å²) >= 11 is 1.93. The molecule has 1 aromatic rings. The van der Waals surface area contributed by atoms with E-state index in [4.69, 9.17) is 0 Å². The number of fused-ring (bicyclic) bond motifs is 1. The fourth-order valence-corrected chi connectivity index (χ4v) is 3.28. The van der Waals surface area contributed by atoms with Crippen molar-refractivity contribution in [2.24, 2.45) is 0 Å². The third-order valence-electron chi connectivity index (χ3n) is 3.36. The molecule has 4 heteroatoms. The lowest BCUT2D eigenvalue weighted by molar-refractivity contribution is 0.0772. The van der Waals surface area contributed by atoms with Gasteiger partial charge in [-0.05, 0) is 24.1 Å². The first kappa shape index (κ1) is 11.0. The fourth-order valence-electron chi connectivity index (χ4n) is 2.37. The van der Waals surface area contributed by atoms with Crippen LogP contribution < -0.4 is 5.32 Å². The summed E-state index contributed by atoms with van der Waals surface area (Å²) < 4.78 is 0. The number of thioether (sulfide) groups is 1. The molecular weight excluding hydrogens is 232 g/mol. The van der Waals surface area contributed by atoms with Gasteiger partial charge >= 0.3 is 0 Å². The van der Waals surface area contributed by atoms with Crippen molar-refractivity contribution in [2.45, 2.75) is 6.42 Å². The predicted octanol–water partition coefficient (Wildman–Crippen LogP) is 1.84. The summed E-state index contributed by atoms with van der Waals surface area (Å²) in [6.07, 6.45) is 1.07.